The van der Waals surface area contributed by atoms with Gasteiger partial charge in [-0.25, -0.2) is 0 Å². The summed E-state index contributed by atoms with van der Waals surface area (Å²) >= 11 is 25.2. The largest absolute Gasteiger partial charge is 0.469 e. The molecule has 2 saturated heterocycles. The van der Waals surface area contributed by atoms with Crippen LogP contribution in [0, 0.1) is 10.8 Å². The number of hydrogen-bond acceptors (Lipinski definition) is 8. The van der Waals surface area contributed by atoms with E-state index < -0.39 is 44.4 Å². The summed E-state index contributed by atoms with van der Waals surface area (Å²) in [4.78, 5) is 57.3. The van der Waals surface area contributed by atoms with Gasteiger partial charge in [-0.05, 0) is 96.5 Å². The Labute approximate surface area is 452 Å². The molecule has 10 atom stereocenters. The molecule has 2 aliphatic rings. The van der Waals surface area contributed by atoms with Gasteiger partial charge in [0.15, 0.2) is 0 Å². The molecule has 72 heavy (non-hydrogen) atoms. The van der Waals surface area contributed by atoms with E-state index in [0.717, 1.165) is 22.3 Å². The minimum absolute atomic E-state index is 0.0295. The van der Waals surface area contributed by atoms with E-state index in [2.05, 4.69) is 0 Å². The standard InChI is InChI=1S/2C28H35Cl2NO4S/c2*1-6-23(17-36(34)18(2)3)31-26(19-10-12-21(29)13-11-19)24(20-8-7-9-22(30)14-20)15-28(4,27(31)33)16-25(32)35-5/h2*7-14,18,23-24,26H,6,15-17H2,1-5H3/t23-,24+,26+,28+,36+;23-,24+,26+,28+,36-/m00/s1. The highest BCUT2D eigenvalue weighted by atomic mass is 35.5. The second-order valence-electron chi connectivity index (χ2n) is 20.1. The van der Waals surface area contributed by atoms with Crippen molar-refractivity contribution in [3.8, 4) is 0 Å². The number of amides is 2. The third kappa shape index (κ3) is 14.3. The third-order valence-corrected chi connectivity index (χ3v) is 18.7. The van der Waals surface area contributed by atoms with Crippen molar-refractivity contribution < 1.29 is 37.1 Å². The van der Waals surface area contributed by atoms with E-state index in [0.29, 0.717) is 57.3 Å². The van der Waals surface area contributed by atoms with Gasteiger partial charge >= 0.3 is 11.9 Å². The summed E-state index contributed by atoms with van der Waals surface area (Å²) in [6, 6.07) is 29.2. The number of piperidine rings is 2. The Morgan fingerprint density at radius 2 is 0.903 bits per heavy atom. The van der Waals surface area contributed by atoms with E-state index in [-0.39, 0.29) is 71.2 Å². The molecule has 0 radical (unpaired) electrons. The maximum atomic E-state index is 14.3. The minimum atomic E-state index is -1.12. The molecule has 0 bridgehead atoms. The lowest BCUT2D eigenvalue weighted by molar-refractivity contribution is -0.161. The fourth-order valence-corrected chi connectivity index (χ4v) is 13.2. The van der Waals surface area contributed by atoms with Crippen LogP contribution in [-0.2, 0) is 50.3 Å². The second kappa shape index (κ2) is 26.1. The first-order valence-electron chi connectivity index (χ1n) is 24.6. The SMILES string of the molecule is CC[C@@H](C[S@@](=O)C(C)C)N1C(=O)[C@@](C)(CC(=O)OC)C[C@H](c2cccc(Cl)c2)[C@H]1c1ccc(Cl)cc1.CC[C@@H](C[S@](=O)C(C)C)N1C(=O)[C@@](C)(CC(=O)OC)C[C@H](c2cccc(Cl)c2)[C@H]1c1ccc(Cl)cc1. The van der Waals surface area contributed by atoms with Crippen LogP contribution in [0.1, 0.15) is 140 Å². The molecule has 0 unspecified atom stereocenters. The highest BCUT2D eigenvalue weighted by Crippen LogP contribution is 2.54. The van der Waals surface area contributed by atoms with Gasteiger partial charge in [0.05, 0.1) is 50.0 Å². The van der Waals surface area contributed by atoms with Crippen molar-refractivity contribution in [2.75, 3.05) is 25.7 Å². The van der Waals surface area contributed by atoms with Gasteiger partial charge in [-0.2, -0.15) is 0 Å². The molecule has 16 heteroatoms. The molecule has 0 aromatic heterocycles. The van der Waals surface area contributed by atoms with Crippen LogP contribution in [-0.4, -0.2) is 90.3 Å². The van der Waals surface area contributed by atoms with Gasteiger partial charge in [-0.3, -0.25) is 27.6 Å². The van der Waals surface area contributed by atoms with Crippen molar-refractivity contribution in [3.05, 3.63) is 139 Å². The molecule has 10 nitrogen and oxygen atoms in total. The van der Waals surface area contributed by atoms with E-state index in [1.54, 1.807) is 0 Å². The summed E-state index contributed by atoms with van der Waals surface area (Å²) in [6.07, 6.45) is 2.07. The highest BCUT2D eigenvalue weighted by Gasteiger charge is 2.54. The molecule has 0 N–H and O–H groups in total. The topological polar surface area (TPSA) is 127 Å². The van der Waals surface area contributed by atoms with Crippen LogP contribution in [0.5, 0.6) is 0 Å². The molecule has 0 aliphatic carbocycles. The highest BCUT2D eigenvalue weighted by molar-refractivity contribution is 7.85. The van der Waals surface area contributed by atoms with E-state index in [1.165, 1.54) is 14.2 Å². The first-order chi connectivity index (χ1) is 34.0. The lowest BCUT2D eigenvalue weighted by atomic mass is 9.67. The Morgan fingerprint density at radius 1 is 0.569 bits per heavy atom. The van der Waals surface area contributed by atoms with Crippen molar-refractivity contribution in [3.63, 3.8) is 0 Å². The number of esters is 2. The molecule has 2 aliphatic heterocycles. The van der Waals surface area contributed by atoms with Crippen molar-refractivity contribution in [1.29, 1.82) is 0 Å². The van der Waals surface area contributed by atoms with Crippen LogP contribution < -0.4 is 0 Å². The summed E-state index contributed by atoms with van der Waals surface area (Å²) < 4.78 is 35.9. The Hall–Kier alpha value is -3.78. The summed E-state index contributed by atoms with van der Waals surface area (Å²) in [5.41, 5.74) is 1.86. The molecular weight excluding hydrogens is 1030 g/mol. The van der Waals surface area contributed by atoms with E-state index in [4.69, 9.17) is 55.9 Å². The maximum absolute atomic E-state index is 14.3. The number of methoxy groups -OCH3 is 2. The van der Waals surface area contributed by atoms with Crippen LogP contribution in [0.4, 0.5) is 0 Å². The van der Waals surface area contributed by atoms with Crippen LogP contribution in [0.3, 0.4) is 0 Å². The van der Waals surface area contributed by atoms with E-state index in [1.807, 2.05) is 162 Å². The van der Waals surface area contributed by atoms with Gasteiger partial charge in [-0.1, -0.05) is 150 Å². The summed E-state index contributed by atoms with van der Waals surface area (Å²) in [5.74, 6) is -0.699. The lowest BCUT2D eigenvalue weighted by Gasteiger charge is -2.52. The van der Waals surface area contributed by atoms with Gasteiger partial charge in [0, 0.05) is 87.6 Å². The molecule has 2 heterocycles. The first-order valence-corrected chi connectivity index (χ1v) is 28.8. The van der Waals surface area contributed by atoms with Gasteiger partial charge in [0.25, 0.3) is 0 Å². The third-order valence-electron chi connectivity index (χ3n) is 14.2. The molecule has 2 amide bonds. The number of likely N-dealkylation sites (tertiary alicyclic amines) is 2. The van der Waals surface area contributed by atoms with Gasteiger partial charge < -0.3 is 19.3 Å². The summed E-state index contributed by atoms with van der Waals surface area (Å²) in [7, 11) is 0.436. The molecule has 2 fully saturated rings. The zero-order valence-electron chi connectivity index (χ0n) is 43.0. The Morgan fingerprint density at radius 3 is 1.18 bits per heavy atom. The number of carbonyl (C=O) groups excluding carboxylic acids is 4. The van der Waals surface area contributed by atoms with E-state index in [9.17, 15) is 27.6 Å². The second-order valence-corrected chi connectivity index (χ2v) is 25.9. The molecule has 0 saturated carbocycles. The number of benzene rings is 4. The zero-order chi connectivity index (χ0) is 53.2. The maximum Gasteiger partial charge on any atom is 0.306 e. The number of halogens is 4. The van der Waals surface area contributed by atoms with Crippen molar-refractivity contribution in [2.45, 2.75) is 140 Å². The lowest BCUT2D eigenvalue weighted by Crippen LogP contribution is -2.57. The molecular formula is C56H70Cl4N2O8S2. The monoisotopic (exact) mass is 1100 g/mol. The summed E-state index contributed by atoms with van der Waals surface area (Å²) in [5, 5.41) is 2.36. The number of rotatable bonds is 18. The van der Waals surface area contributed by atoms with Crippen LogP contribution in [0.15, 0.2) is 97.1 Å². The predicted octanol–water partition coefficient (Wildman–Crippen LogP) is 13.1. The fourth-order valence-electron chi connectivity index (χ4n) is 10.2. The Bertz CT molecular complexity index is 2390. The quantitative estimate of drug-likeness (QED) is 0.0902. The van der Waals surface area contributed by atoms with Crippen molar-refractivity contribution >= 4 is 91.8 Å². The minimum Gasteiger partial charge on any atom is -0.469 e. The normalized spacial score (nSPS) is 24.0. The zero-order valence-corrected chi connectivity index (χ0v) is 47.7. The first kappa shape index (κ1) is 59.1. The fraction of sp³-hybridized carbons (Fsp3) is 0.500. The van der Waals surface area contributed by atoms with Crippen molar-refractivity contribution in [1.82, 2.24) is 9.80 Å². The van der Waals surface area contributed by atoms with Gasteiger partial charge in [-0.15, -0.1) is 0 Å². The Balaban J connectivity index is 0.000000267. The van der Waals surface area contributed by atoms with Gasteiger partial charge in [0.1, 0.15) is 0 Å². The number of ether oxygens (including phenoxy) is 2. The number of carbonyl (C=O) groups is 4. The number of nitrogens with zero attached hydrogens (tertiary/aromatic N) is 2. The average Bonchev–Trinajstić information content (AvgIpc) is 3.34. The molecule has 6 rings (SSSR count). The molecule has 392 valence electrons. The van der Waals surface area contributed by atoms with Gasteiger partial charge in [0.2, 0.25) is 11.8 Å². The Kier molecular flexibility index (Phi) is 21.4. The molecule has 0 spiro atoms. The summed E-state index contributed by atoms with van der Waals surface area (Å²) in [6.45, 7) is 15.4. The van der Waals surface area contributed by atoms with Crippen LogP contribution in [0.25, 0.3) is 0 Å². The average molecular weight is 1110 g/mol. The molecule has 4 aromatic rings. The van der Waals surface area contributed by atoms with Crippen LogP contribution >= 0.6 is 46.4 Å². The van der Waals surface area contributed by atoms with Crippen LogP contribution in [0.2, 0.25) is 20.1 Å². The number of hydrogen-bond donors (Lipinski definition) is 0. The molecule has 4 aromatic carbocycles. The smallest absolute Gasteiger partial charge is 0.306 e. The van der Waals surface area contributed by atoms with Crippen molar-refractivity contribution in [2.24, 2.45) is 10.8 Å². The van der Waals surface area contributed by atoms with E-state index >= 15 is 0 Å². The predicted molar refractivity (Wildman–Crippen MR) is 294 cm³/mol.